The summed E-state index contributed by atoms with van der Waals surface area (Å²) in [5.74, 6) is 0.943. The highest BCUT2D eigenvalue weighted by molar-refractivity contribution is 5.50. The van der Waals surface area contributed by atoms with Crippen LogP contribution in [-0.4, -0.2) is 37.4 Å². The summed E-state index contributed by atoms with van der Waals surface area (Å²) in [7, 11) is 0. The zero-order valence-corrected chi connectivity index (χ0v) is 13.5. The first-order chi connectivity index (χ1) is 11.9. The third-order valence-corrected chi connectivity index (χ3v) is 4.18. The van der Waals surface area contributed by atoms with Crippen LogP contribution in [0.3, 0.4) is 0 Å². The Balaban J connectivity index is 1.39. The number of hydrogen-bond acceptors (Lipinski definition) is 5. The van der Waals surface area contributed by atoms with Gasteiger partial charge in [-0.25, -0.2) is 4.98 Å². The molecule has 124 valence electrons. The molecule has 3 aromatic rings. The number of aromatic nitrogens is 5. The van der Waals surface area contributed by atoms with Gasteiger partial charge in [0, 0.05) is 51.0 Å². The van der Waals surface area contributed by atoms with Crippen molar-refractivity contribution in [1.82, 2.24) is 29.6 Å². The van der Waals surface area contributed by atoms with Crippen LogP contribution in [0.1, 0.15) is 12.1 Å². The highest BCUT2D eigenvalue weighted by Crippen LogP contribution is 2.19. The first-order valence-corrected chi connectivity index (χ1v) is 8.33. The molecule has 0 fully saturated rings. The maximum Gasteiger partial charge on any atom is 0.160 e. The van der Waals surface area contributed by atoms with Crippen molar-refractivity contribution in [3.05, 3.63) is 48.7 Å². The quantitative estimate of drug-likeness (QED) is 0.676. The van der Waals surface area contributed by atoms with Gasteiger partial charge in [0.25, 0.3) is 0 Å². The van der Waals surface area contributed by atoms with Crippen molar-refractivity contribution in [1.29, 1.82) is 0 Å². The second-order valence-corrected chi connectivity index (χ2v) is 5.89. The lowest BCUT2D eigenvalue weighted by Crippen LogP contribution is -2.28. The molecule has 4 rings (SSSR count). The molecule has 7 heteroatoms. The Morgan fingerprint density at radius 3 is 3.17 bits per heavy atom. The summed E-state index contributed by atoms with van der Waals surface area (Å²) in [5.41, 5.74) is 3.24. The SMILES string of the molecule is c1cncc(NCCCn2ccnc2-c2cc3n(n2)CCNC3)c1. The molecule has 3 aromatic heterocycles. The van der Waals surface area contributed by atoms with Gasteiger partial charge in [-0.3, -0.25) is 9.67 Å². The van der Waals surface area contributed by atoms with Gasteiger partial charge in [0.2, 0.25) is 0 Å². The predicted octanol–water partition coefficient (Wildman–Crippen LogP) is 1.75. The van der Waals surface area contributed by atoms with Gasteiger partial charge in [0.1, 0.15) is 5.69 Å². The van der Waals surface area contributed by atoms with Crippen molar-refractivity contribution in [2.75, 3.05) is 18.4 Å². The van der Waals surface area contributed by atoms with E-state index in [1.54, 1.807) is 6.20 Å². The molecule has 0 spiro atoms. The number of aryl methyl sites for hydroxylation is 1. The van der Waals surface area contributed by atoms with Crippen LogP contribution >= 0.6 is 0 Å². The van der Waals surface area contributed by atoms with Gasteiger partial charge < -0.3 is 15.2 Å². The van der Waals surface area contributed by atoms with Gasteiger partial charge >= 0.3 is 0 Å². The van der Waals surface area contributed by atoms with Crippen molar-refractivity contribution in [2.24, 2.45) is 0 Å². The smallest absolute Gasteiger partial charge is 0.160 e. The third-order valence-electron chi connectivity index (χ3n) is 4.18. The number of fused-ring (bicyclic) bond motifs is 1. The fourth-order valence-corrected chi connectivity index (χ4v) is 2.97. The number of pyridine rings is 1. The lowest BCUT2D eigenvalue weighted by Gasteiger charge is -2.13. The zero-order valence-electron chi connectivity index (χ0n) is 13.5. The Morgan fingerprint density at radius 2 is 2.29 bits per heavy atom. The van der Waals surface area contributed by atoms with Crippen molar-refractivity contribution >= 4 is 5.69 Å². The molecule has 7 nitrogen and oxygen atoms in total. The summed E-state index contributed by atoms with van der Waals surface area (Å²) < 4.78 is 4.25. The van der Waals surface area contributed by atoms with Gasteiger partial charge in [0.05, 0.1) is 17.9 Å². The fourth-order valence-electron chi connectivity index (χ4n) is 2.97. The Morgan fingerprint density at radius 1 is 1.29 bits per heavy atom. The van der Waals surface area contributed by atoms with Gasteiger partial charge in [-0.05, 0) is 24.6 Å². The van der Waals surface area contributed by atoms with E-state index in [1.807, 2.05) is 30.7 Å². The van der Waals surface area contributed by atoms with E-state index < -0.39 is 0 Å². The van der Waals surface area contributed by atoms with Crippen LogP contribution < -0.4 is 10.6 Å². The fraction of sp³-hybridized carbons (Fsp3) is 0.353. The number of rotatable bonds is 6. The molecule has 0 saturated carbocycles. The van der Waals surface area contributed by atoms with Gasteiger partial charge in [-0.15, -0.1) is 0 Å². The molecular weight excluding hydrogens is 302 g/mol. The van der Waals surface area contributed by atoms with E-state index in [0.717, 1.165) is 56.4 Å². The van der Waals surface area contributed by atoms with Crippen LogP contribution in [0.4, 0.5) is 5.69 Å². The zero-order chi connectivity index (χ0) is 16.2. The maximum atomic E-state index is 4.70. The molecule has 0 aromatic carbocycles. The topological polar surface area (TPSA) is 72.6 Å². The molecule has 0 unspecified atom stereocenters. The molecule has 4 heterocycles. The van der Waals surface area contributed by atoms with E-state index in [-0.39, 0.29) is 0 Å². The van der Waals surface area contributed by atoms with E-state index in [2.05, 4.69) is 35.9 Å². The number of nitrogens with zero attached hydrogens (tertiary/aromatic N) is 5. The Kier molecular flexibility index (Phi) is 4.24. The summed E-state index contributed by atoms with van der Waals surface area (Å²) in [6, 6.07) is 6.10. The Bertz CT molecular complexity index is 767. The average Bonchev–Trinajstić information content (AvgIpc) is 3.25. The minimum Gasteiger partial charge on any atom is -0.384 e. The molecule has 0 radical (unpaired) electrons. The first-order valence-electron chi connectivity index (χ1n) is 8.33. The molecular formula is C17H21N7. The lowest BCUT2D eigenvalue weighted by atomic mass is 10.3. The van der Waals surface area contributed by atoms with Crippen molar-refractivity contribution in [3.63, 3.8) is 0 Å². The molecule has 24 heavy (non-hydrogen) atoms. The minimum atomic E-state index is 0.878. The minimum absolute atomic E-state index is 0.878. The monoisotopic (exact) mass is 323 g/mol. The van der Waals surface area contributed by atoms with E-state index >= 15 is 0 Å². The third kappa shape index (κ3) is 3.16. The van der Waals surface area contributed by atoms with E-state index in [9.17, 15) is 0 Å². The van der Waals surface area contributed by atoms with Gasteiger partial charge in [-0.1, -0.05) is 0 Å². The number of anilines is 1. The number of hydrogen-bond donors (Lipinski definition) is 2. The summed E-state index contributed by atoms with van der Waals surface area (Å²) in [6.07, 6.45) is 8.50. The molecule has 1 aliphatic heterocycles. The van der Waals surface area contributed by atoms with Crippen LogP contribution in [0.2, 0.25) is 0 Å². The highest BCUT2D eigenvalue weighted by atomic mass is 15.3. The van der Waals surface area contributed by atoms with Crippen LogP contribution in [0.15, 0.2) is 43.0 Å². The number of nitrogens with one attached hydrogen (secondary N) is 2. The second-order valence-electron chi connectivity index (χ2n) is 5.89. The summed E-state index contributed by atoms with van der Waals surface area (Å²) in [6.45, 7) is 4.58. The summed E-state index contributed by atoms with van der Waals surface area (Å²) in [4.78, 5) is 8.61. The van der Waals surface area contributed by atoms with Crippen molar-refractivity contribution in [3.8, 4) is 11.5 Å². The Labute approximate surface area is 140 Å². The van der Waals surface area contributed by atoms with Crippen molar-refractivity contribution < 1.29 is 0 Å². The highest BCUT2D eigenvalue weighted by Gasteiger charge is 2.15. The Hall–Kier alpha value is -2.67. The first kappa shape index (κ1) is 14.9. The van der Waals surface area contributed by atoms with Gasteiger partial charge in [-0.2, -0.15) is 5.10 Å². The second kappa shape index (κ2) is 6.84. The largest absolute Gasteiger partial charge is 0.384 e. The molecule has 0 amide bonds. The summed E-state index contributed by atoms with van der Waals surface area (Å²) in [5, 5.41) is 11.5. The average molecular weight is 323 g/mol. The van der Waals surface area contributed by atoms with Crippen LogP contribution in [-0.2, 0) is 19.6 Å². The summed E-state index contributed by atoms with van der Waals surface area (Å²) >= 11 is 0. The van der Waals surface area contributed by atoms with E-state index in [1.165, 1.54) is 5.69 Å². The maximum absolute atomic E-state index is 4.70. The molecule has 0 atom stereocenters. The van der Waals surface area contributed by atoms with Crippen molar-refractivity contribution in [2.45, 2.75) is 26.1 Å². The number of imidazole rings is 1. The molecule has 0 aliphatic carbocycles. The van der Waals surface area contributed by atoms with Crippen LogP contribution in [0, 0.1) is 0 Å². The molecule has 0 saturated heterocycles. The lowest BCUT2D eigenvalue weighted by molar-refractivity contribution is 0.476. The molecule has 2 N–H and O–H groups in total. The van der Waals surface area contributed by atoms with E-state index in [4.69, 9.17) is 5.10 Å². The van der Waals surface area contributed by atoms with Crippen LogP contribution in [0.25, 0.3) is 11.5 Å². The normalized spacial score (nSPS) is 13.7. The predicted molar refractivity (Wildman–Crippen MR) is 92.5 cm³/mol. The molecule has 0 bridgehead atoms. The van der Waals surface area contributed by atoms with E-state index in [0.29, 0.717) is 0 Å². The standard InChI is InChI=1S/C17H21N7/c1-3-14(12-18-4-1)20-5-2-8-23-9-7-21-17(23)16-11-15-13-19-6-10-24(15)22-16/h1,3-4,7,9,11-12,19-20H,2,5-6,8,10,13H2. The van der Waals surface area contributed by atoms with Gasteiger partial charge in [0.15, 0.2) is 5.82 Å². The molecule has 1 aliphatic rings. The van der Waals surface area contributed by atoms with Crippen LogP contribution in [0.5, 0.6) is 0 Å².